The van der Waals surface area contributed by atoms with Gasteiger partial charge in [0, 0.05) is 54.4 Å². The van der Waals surface area contributed by atoms with E-state index in [4.69, 9.17) is 0 Å². The summed E-state index contributed by atoms with van der Waals surface area (Å²) in [6.45, 7) is 7.70. The number of anilines is 2. The molecule has 0 spiro atoms. The number of pyridine rings is 1. The van der Waals surface area contributed by atoms with E-state index in [0.29, 0.717) is 30.2 Å². The van der Waals surface area contributed by atoms with Gasteiger partial charge in [0.15, 0.2) is 0 Å². The Morgan fingerprint density at radius 3 is 2.49 bits per heavy atom. The van der Waals surface area contributed by atoms with E-state index in [1.807, 2.05) is 19.9 Å². The number of benzene rings is 1. The molecule has 1 aliphatic heterocycles. The number of carbonyl (C=O) groups excluding carboxylic acids is 2. The number of hydrogen-bond acceptors (Lipinski definition) is 5. The van der Waals surface area contributed by atoms with Gasteiger partial charge >= 0.3 is 0 Å². The number of hydrogen-bond donors (Lipinski definition) is 3. The maximum absolute atomic E-state index is 13.4. The number of aromatic nitrogens is 1. The molecule has 2 amide bonds. The highest BCUT2D eigenvalue weighted by Gasteiger charge is 2.36. The third-order valence-corrected chi connectivity index (χ3v) is 6.74. The van der Waals surface area contributed by atoms with Crippen LogP contribution in [0.25, 0.3) is 0 Å². The summed E-state index contributed by atoms with van der Waals surface area (Å²) in [7, 11) is 0. The second-order valence-corrected chi connectivity index (χ2v) is 10.9. The Morgan fingerprint density at radius 1 is 1.19 bits per heavy atom. The number of aliphatic hydroxyl groups is 1. The first kappa shape index (κ1) is 26.7. The Morgan fingerprint density at radius 2 is 1.86 bits per heavy atom. The molecule has 1 aromatic heterocycles. The van der Waals surface area contributed by atoms with E-state index in [-0.39, 0.29) is 23.9 Å². The van der Waals surface area contributed by atoms with Crippen LogP contribution in [0.5, 0.6) is 0 Å². The summed E-state index contributed by atoms with van der Waals surface area (Å²) in [6.07, 6.45) is 5.31. The second kappa shape index (κ2) is 11.0. The zero-order valence-corrected chi connectivity index (χ0v) is 21.9. The van der Waals surface area contributed by atoms with Crippen LogP contribution < -0.4 is 15.5 Å². The lowest BCUT2D eigenvalue weighted by molar-refractivity contribution is -0.126. The molecule has 9 heteroatoms. The van der Waals surface area contributed by atoms with Crippen molar-refractivity contribution in [2.75, 3.05) is 16.8 Å². The first-order valence-electron chi connectivity index (χ1n) is 12.9. The molecule has 0 atom stereocenters. The highest BCUT2D eigenvalue weighted by atomic mass is 19.1. The maximum Gasteiger partial charge on any atom is 0.278 e. The number of amides is 2. The molecule has 2 aromatic rings. The Hall–Kier alpha value is -3.33. The molecule has 8 nitrogen and oxygen atoms in total. The zero-order chi connectivity index (χ0) is 26.7. The molecule has 3 N–H and O–H groups in total. The normalized spacial score (nSPS) is 20.7. The molecule has 0 radical (unpaired) electrons. The number of nitrogens with zero attached hydrogens (tertiary/aromatic N) is 3. The number of amidine groups is 1. The van der Waals surface area contributed by atoms with Crippen molar-refractivity contribution < 1.29 is 19.1 Å². The van der Waals surface area contributed by atoms with Gasteiger partial charge in [-0.05, 0) is 77.6 Å². The number of nitrogens with one attached hydrogen (secondary N) is 2. The fourth-order valence-corrected chi connectivity index (χ4v) is 4.91. The van der Waals surface area contributed by atoms with E-state index in [1.165, 1.54) is 24.3 Å². The van der Waals surface area contributed by atoms with Crippen molar-refractivity contribution in [1.29, 1.82) is 0 Å². The summed E-state index contributed by atoms with van der Waals surface area (Å²) in [6, 6.07) is 7.50. The molecule has 1 aromatic carbocycles. The van der Waals surface area contributed by atoms with Crippen molar-refractivity contribution in [3.8, 4) is 0 Å². The Bertz CT molecular complexity index is 1170. The van der Waals surface area contributed by atoms with Gasteiger partial charge in [-0.2, -0.15) is 4.99 Å². The van der Waals surface area contributed by atoms with Gasteiger partial charge in [-0.3, -0.25) is 9.59 Å². The lowest BCUT2D eigenvalue weighted by Crippen LogP contribution is -2.44. The lowest BCUT2D eigenvalue weighted by atomic mass is 9.84. The summed E-state index contributed by atoms with van der Waals surface area (Å²) in [5.41, 5.74) is 1.31. The SMILES string of the molecule is CC(C)NC(=O)C1CCC(N2C(=NC(=O)c3ccc(F)cc3)Cc3cnc(NCC(C)(C)O)cc32)CC1. The molecule has 1 fully saturated rings. The van der Waals surface area contributed by atoms with Crippen LogP contribution in [0.2, 0.25) is 0 Å². The summed E-state index contributed by atoms with van der Waals surface area (Å²) in [4.78, 5) is 36.6. The minimum atomic E-state index is -0.899. The quantitative estimate of drug-likeness (QED) is 0.519. The van der Waals surface area contributed by atoms with Crippen LogP contribution in [0.1, 0.15) is 69.3 Å². The highest BCUT2D eigenvalue weighted by Crippen LogP contribution is 2.38. The maximum atomic E-state index is 13.4. The zero-order valence-electron chi connectivity index (χ0n) is 21.9. The number of carbonyl (C=O) groups is 2. The summed E-state index contributed by atoms with van der Waals surface area (Å²) in [5.74, 6) is 0.491. The van der Waals surface area contributed by atoms with Crippen LogP contribution in [0.15, 0.2) is 41.5 Å². The molecular formula is C28H36FN5O3. The predicted octanol–water partition coefficient (Wildman–Crippen LogP) is 4.09. The second-order valence-electron chi connectivity index (χ2n) is 10.9. The average Bonchev–Trinajstić information content (AvgIpc) is 3.19. The van der Waals surface area contributed by atoms with Crippen LogP contribution in [0, 0.1) is 11.7 Å². The minimum Gasteiger partial charge on any atom is -0.389 e. The van der Waals surface area contributed by atoms with E-state index in [2.05, 4.69) is 25.5 Å². The molecule has 1 saturated carbocycles. The van der Waals surface area contributed by atoms with Gasteiger partial charge in [0.25, 0.3) is 5.91 Å². The predicted molar refractivity (Wildman–Crippen MR) is 142 cm³/mol. The third-order valence-electron chi connectivity index (χ3n) is 6.74. The summed E-state index contributed by atoms with van der Waals surface area (Å²) < 4.78 is 13.4. The molecule has 0 bridgehead atoms. The molecule has 198 valence electrons. The van der Waals surface area contributed by atoms with E-state index in [9.17, 15) is 19.1 Å². The van der Waals surface area contributed by atoms with Gasteiger partial charge in [0.1, 0.15) is 17.5 Å². The van der Waals surface area contributed by atoms with Crippen LogP contribution in [0.4, 0.5) is 15.9 Å². The van der Waals surface area contributed by atoms with E-state index >= 15 is 0 Å². The van der Waals surface area contributed by atoms with Gasteiger partial charge < -0.3 is 20.6 Å². The first-order chi connectivity index (χ1) is 17.5. The largest absolute Gasteiger partial charge is 0.389 e. The van der Waals surface area contributed by atoms with Crippen molar-refractivity contribution in [2.45, 2.75) is 77.5 Å². The average molecular weight is 510 g/mol. The molecule has 0 saturated heterocycles. The van der Waals surface area contributed by atoms with E-state index in [0.717, 1.165) is 36.9 Å². The van der Waals surface area contributed by atoms with Crippen molar-refractivity contribution >= 4 is 29.2 Å². The smallest absolute Gasteiger partial charge is 0.278 e. The lowest BCUT2D eigenvalue weighted by Gasteiger charge is -2.36. The van der Waals surface area contributed by atoms with Gasteiger partial charge in [-0.25, -0.2) is 9.37 Å². The van der Waals surface area contributed by atoms with Crippen LogP contribution in [-0.2, 0) is 11.2 Å². The monoisotopic (exact) mass is 509 g/mol. The third kappa shape index (κ3) is 6.71. The van der Waals surface area contributed by atoms with Crippen LogP contribution >= 0.6 is 0 Å². The molecule has 37 heavy (non-hydrogen) atoms. The van der Waals surface area contributed by atoms with Crippen molar-refractivity contribution in [1.82, 2.24) is 10.3 Å². The minimum absolute atomic E-state index is 0.0246. The van der Waals surface area contributed by atoms with E-state index in [1.54, 1.807) is 20.0 Å². The number of rotatable bonds is 7. The Kier molecular flexibility index (Phi) is 7.92. The van der Waals surface area contributed by atoms with Crippen molar-refractivity contribution in [3.05, 3.63) is 53.5 Å². The van der Waals surface area contributed by atoms with Crippen molar-refractivity contribution in [3.63, 3.8) is 0 Å². The topological polar surface area (TPSA) is 107 Å². The Balaban J connectivity index is 1.60. The number of halogens is 1. The highest BCUT2D eigenvalue weighted by molar-refractivity contribution is 6.12. The van der Waals surface area contributed by atoms with Gasteiger partial charge in [0.2, 0.25) is 5.91 Å². The van der Waals surface area contributed by atoms with Crippen LogP contribution in [0.3, 0.4) is 0 Å². The summed E-state index contributed by atoms with van der Waals surface area (Å²) >= 11 is 0. The van der Waals surface area contributed by atoms with Crippen LogP contribution in [-0.4, -0.2) is 52.0 Å². The molecule has 4 rings (SSSR count). The first-order valence-corrected chi connectivity index (χ1v) is 12.9. The fourth-order valence-electron chi connectivity index (χ4n) is 4.91. The molecular weight excluding hydrogens is 473 g/mol. The fraction of sp³-hybridized carbons (Fsp3) is 0.500. The number of fused-ring (bicyclic) bond motifs is 1. The van der Waals surface area contributed by atoms with Crippen molar-refractivity contribution in [2.24, 2.45) is 10.9 Å². The molecule has 1 aliphatic carbocycles. The molecule has 0 unspecified atom stereocenters. The van der Waals surface area contributed by atoms with Gasteiger partial charge in [-0.15, -0.1) is 0 Å². The van der Waals surface area contributed by atoms with Gasteiger partial charge in [-0.1, -0.05) is 0 Å². The molecule has 2 heterocycles. The van der Waals surface area contributed by atoms with Gasteiger partial charge in [0.05, 0.1) is 11.3 Å². The standard InChI is InChI=1S/C28H36FN5O3/c1-17(2)32-26(35)19-7-11-22(12-8-19)34-23-14-24(31-16-28(3,4)37)30-15-20(23)13-25(34)33-27(36)18-5-9-21(29)10-6-18/h5-6,9-10,14-15,17,19,22,37H,7-8,11-13,16H2,1-4H3,(H,30,31)(H,32,35). The molecule has 2 aliphatic rings. The van der Waals surface area contributed by atoms with E-state index < -0.39 is 17.3 Å². The number of aliphatic imine (C=N–C) groups is 1. The Labute approximate surface area is 217 Å². The summed E-state index contributed by atoms with van der Waals surface area (Å²) in [5, 5.41) is 16.3.